The molecule has 0 amide bonds. The number of rotatable bonds is 1. The average Bonchev–Trinajstić information content (AvgIpc) is 3.21. The molecule has 1 aliphatic rings. The molecule has 2 aromatic heterocycles. The normalized spacial score (nSPS) is 16.8. The minimum absolute atomic E-state index is 0.0392. The van der Waals surface area contributed by atoms with Crippen LogP contribution in [0.5, 0.6) is 0 Å². The van der Waals surface area contributed by atoms with Gasteiger partial charge in [0.15, 0.2) is 0 Å². The van der Waals surface area contributed by atoms with Crippen LogP contribution in [0.25, 0.3) is 16.5 Å². The summed E-state index contributed by atoms with van der Waals surface area (Å²) in [6.07, 6.45) is 3.97. The first-order valence-corrected chi connectivity index (χ1v) is 7.87. The third-order valence-electron chi connectivity index (χ3n) is 4.63. The van der Waals surface area contributed by atoms with Gasteiger partial charge in [-0.2, -0.15) is 0 Å². The van der Waals surface area contributed by atoms with E-state index in [1.807, 2.05) is 12.3 Å². The summed E-state index contributed by atoms with van der Waals surface area (Å²) in [5.41, 5.74) is 3.73. The van der Waals surface area contributed by atoms with Crippen LogP contribution in [0.4, 0.5) is 0 Å². The second-order valence-electron chi connectivity index (χ2n) is 5.93. The molecule has 23 heavy (non-hydrogen) atoms. The van der Waals surface area contributed by atoms with Crippen LogP contribution in [0, 0.1) is 0 Å². The minimum Gasteiger partial charge on any atom is -0.466 e. The Morgan fingerprint density at radius 2 is 1.83 bits per heavy atom. The summed E-state index contributed by atoms with van der Waals surface area (Å²) < 4.78 is 8.22. The number of benzene rings is 2. The van der Waals surface area contributed by atoms with E-state index < -0.39 is 0 Å². The highest BCUT2D eigenvalue weighted by Crippen LogP contribution is 2.34. The molecule has 1 N–H and O–H groups in total. The van der Waals surface area contributed by atoms with Crippen LogP contribution < -0.4 is 5.32 Å². The lowest BCUT2D eigenvalue weighted by Gasteiger charge is -2.15. The number of furan rings is 1. The van der Waals surface area contributed by atoms with Gasteiger partial charge in [0, 0.05) is 34.9 Å². The summed E-state index contributed by atoms with van der Waals surface area (Å²) in [5.74, 6) is 0.980. The van der Waals surface area contributed by atoms with Gasteiger partial charge in [-0.05, 0) is 23.8 Å². The summed E-state index contributed by atoms with van der Waals surface area (Å²) in [4.78, 5) is 0. The summed E-state index contributed by atoms with van der Waals surface area (Å²) in [6, 6.07) is 21.1. The van der Waals surface area contributed by atoms with Crippen molar-refractivity contribution in [2.45, 2.75) is 12.6 Å². The highest BCUT2D eigenvalue weighted by molar-refractivity contribution is 5.84. The molecule has 0 saturated heterocycles. The molecule has 1 aliphatic heterocycles. The maximum Gasteiger partial charge on any atom is 0.134 e. The molecule has 0 fully saturated rings. The molecule has 0 spiro atoms. The Labute approximate surface area is 134 Å². The van der Waals surface area contributed by atoms with Gasteiger partial charge in [0.25, 0.3) is 0 Å². The molecule has 0 bridgehead atoms. The zero-order valence-corrected chi connectivity index (χ0v) is 12.6. The monoisotopic (exact) mass is 300 g/mol. The van der Waals surface area contributed by atoms with Gasteiger partial charge in [0.05, 0.1) is 6.26 Å². The van der Waals surface area contributed by atoms with Gasteiger partial charge >= 0.3 is 0 Å². The van der Waals surface area contributed by atoms with E-state index in [0.29, 0.717) is 0 Å². The van der Waals surface area contributed by atoms with Gasteiger partial charge in [-0.15, -0.1) is 0 Å². The number of nitrogens with zero attached hydrogens (tertiary/aromatic N) is 1. The summed E-state index contributed by atoms with van der Waals surface area (Å²) in [7, 11) is 0. The van der Waals surface area contributed by atoms with Crippen molar-refractivity contribution in [2.24, 2.45) is 0 Å². The fourth-order valence-electron chi connectivity index (χ4n) is 3.53. The van der Waals surface area contributed by atoms with Crippen molar-refractivity contribution < 1.29 is 4.42 Å². The highest BCUT2D eigenvalue weighted by atomic mass is 16.3. The summed E-state index contributed by atoms with van der Waals surface area (Å²) >= 11 is 0. The van der Waals surface area contributed by atoms with Crippen molar-refractivity contribution in [3.8, 4) is 5.69 Å². The smallest absolute Gasteiger partial charge is 0.134 e. The third kappa shape index (κ3) is 1.87. The van der Waals surface area contributed by atoms with E-state index in [9.17, 15) is 0 Å². The Kier molecular flexibility index (Phi) is 2.69. The zero-order valence-electron chi connectivity index (χ0n) is 12.6. The Hall–Kier alpha value is -2.78. The van der Waals surface area contributed by atoms with Crippen LogP contribution in [0.1, 0.15) is 23.1 Å². The van der Waals surface area contributed by atoms with Crippen molar-refractivity contribution in [3.05, 3.63) is 90.1 Å². The van der Waals surface area contributed by atoms with Crippen LogP contribution in [-0.4, -0.2) is 4.57 Å². The summed E-state index contributed by atoms with van der Waals surface area (Å²) in [5, 5.41) is 5.97. The first kappa shape index (κ1) is 12.7. The molecule has 0 aliphatic carbocycles. The number of fused-ring (bicyclic) bond motifs is 4. The predicted molar refractivity (Wildman–Crippen MR) is 90.7 cm³/mol. The maximum absolute atomic E-state index is 5.96. The number of hydrogen-bond donors (Lipinski definition) is 1. The molecule has 2 aromatic carbocycles. The highest BCUT2D eigenvalue weighted by Gasteiger charge is 2.26. The number of nitrogens with one attached hydrogen (secondary N) is 1. The van der Waals surface area contributed by atoms with Crippen LogP contribution >= 0.6 is 0 Å². The largest absolute Gasteiger partial charge is 0.466 e. The Balaban J connectivity index is 1.72. The van der Waals surface area contributed by atoms with Crippen LogP contribution in [-0.2, 0) is 6.54 Å². The Bertz CT molecular complexity index is 995. The maximum atomic E-state index is 5.96. The molecule has 0 radical (unpaired) electrons. The molecule has 3 nitrogen and oxygen atoms in total. The Morgan fingerprint density at radius 1 is 0.957 bits per heavy atom. The van der Waals surface area contributed by atoms with E-state index in [2.05, 4.69) is 70.7 Å². The van der Waals surface area contributed by atoms with Crippen molar-refractivity contribution >= 4 is 10.8 Å². The summed E-state index contributed by atoms with van der Waals surface area (Å²) in [6.45, 7) is 0.817. The first-order valence-electron chi connectivity index (χ1n) is 7.87. The van der Waals surface area contributed by atoms with Gasteiger partial charge in [-0.3, -0.25) is 5.32 Å². The topological polar surface area (TPSA) is 30.1 Å². The van der Waals surface area contributed by atoms with Gasteiger partial charge in [-0.25, -0.2) is 0 Å². The van der Waals surface area contributed by atoms with Crippen molar-refractivity contribution in [3.63, 3.8) is 0 Å². The molecule has 1 atom stereocenters. The molecule has 3 heterocycles. The number of hydrogen-bond acceptors (Lipinski definition) is 2. The van der Waals surface area contributed by atoms with Crippen molar-refractivity contribution in [2.75, 3.05) is 0 Å². The van der Waals surface area contributed by atoms with E-state index in [1.165, 1.54) is 22.3 Å². The van der Waals surface area contributed by atoms with Gasteiger partial charge < -0.3 is 8.98 Å². The molecule has 0 saturated carbocycles. The molecule has 3 heteroatoms. The second-order valence-corrected chi connectivity index (χ2v) is 5.93. The van der Waals surface area contributed by atoms with E-state index in [-0.39, 0.29) is 6.04 Å². The molecule has 5 rings (SSSR count). The van der Waals surface area contributed by atoms with Crippen LogP contribution in [0.3, 0.4) is 0 Å². The Morgan fingerprint density at radius 3 is 2.83 bits per heavy atom. The molecular weight excluding hydrogens is 284 g/mol. The molecule has 112 valence electrons. The van der Waals surface area contributed by atoms with Gasteiger partial charge in [0.1, 0.15) is 11.8 Å². The second kappa shape index (κ2) is 4.86. The third-order valence-corrected chi connectivity index (χ3v) is 4.63. The number of aromatic nitrogens is 1. The zero-order chi connectivity index (χ0) is 15.2. The molecule has 1 unspecified atom stereocenters. The van der Waals surface area contributed by atoms with Crippen molar-refractivity contribution in [1.29, 1.82) is 0 Å². The predicted octanol–water partition coefficient (Wildman–Crippen LogP) is 4.42. The fraction of sp³-hybridized carbons (Fsp3) is 0.100. The van der Waals surface area contributed by atoms with Crippen molar-refractivity contribution in [1.82, 2.24) is 9.88 Å². The average molecular weight is 300 g/mol. The van der Waals surface area contributed by atoms with E-state index in [1.54, 1.807) is 0 Å². The van der Waals surface area contributed by atoms with Gasteiger partial charge in [0.2, 0.25) is 0 Å². The first-order chi connectivity index (χ1) is 11.4. The van der Waals surface area contributed by atoms with Crippen LogP contribution in [0.2, 0.25) is 0 Å². The minimum atomic E-state index is 0.0392. The van der Waals surface area contributed by atoms with Gasteiger partial charge in [-0.1, -0.05) is 42.5 Å². The molecular formula is C20H16N2O. The van der Waals surface area contributed by atoms with Crippen LogP contribution in [0.15, 0.2) is 77.5 Å². The quantitative estimate of drug-likeness (QED) is 0.564. The lowest BCUT2D eigenvalue weighted by Crippen LogP contribution is -2.20. The standard InChI is InChI=1S/C20H16N2O/c1-3-8-16-15(7-1)13-23-20(16)19-18-10-5-11-22(18)17-9-4-2-6-14(17)12-21-19/h1-11,13,19,21H,12H2. The van der Waals surface area contributed by atoms with E-state index in [4.69, 9.17) is 4.42 Å². The lowest BCUT2D eigenvalue weighted by molar-refractivity contribution is 0.448. The molecule has 4 aromatic rings. The SMILES string of the molecule is c1ccc2c(c1)CNC(c1occ3ccccc13)c1cccn1-2. The van der Waals surface area contributed by atoms with E-state index in [0.717, 1.165) is 17.7 Å². The van der Waals surface area contributed by atoms with E-state index >= 15 is 0 Å². The number of para-hydroxylation sites is 1. The fourth-order valence-corrected chi connectivity index (χ4v) is 3.53. The lowest BCUT2D eigenvalue weighted by atomic mass is 10.1.